The predicted octanol–water partition coefficient (Wildman–Crippen LogP) is -3.82. The molecule has 1 atom stereocenters. The van der Waals surface area contributed by atoms with Gasteiger partial charge < -0.3 is 64.2 Å². The Labute approximate surface area is 308 Å². The van der Waals surface area contributed by atoms with Gasteiger partial charge in [0.2, 0.25) is 5.71 Å². The Bertz CT molecular complexity index is 746. The number of nitrogens with one attached hydrogen (secondary N) is 2. The quantitative estimate of drug-likeness (QED) is 0.0349. The van der Waals surface area contributed by atoms with Crippen LogP contribution in [0.2, 0.25) is 0 Å². The number of unbranched alkanes of at least 4 members (excludes halogenated alkanes) is 20. The Kier molecular flexibility index (Phi) is 43.9. The molecule has 0 aromatic heterocycles. The molecule has 0 aromatic carbocycles. The Morgan fingerprint density at radius 1 is 0.660 bits per heavy atom. The summed E-state index contributed by atoms with van der Waals surface area (Å²) in [5.74, 6) is 0.117. The van der Waals surface area contributed by atoms with E-state index in [1.807, 2.05) is 4.90 Å². The molecule has 0 aliphatic rings. The van der Waals surface area contributed by atoms with Gasteiger partial charge in [-0.3, -0.25) is 15.0 Å². The van der Waals surface area contributed by atoms with Crippen LogP contribution in [0.4, 0.5) is 0 Å². The van der Waals surface area contributed by atoms with Crippen LogP contribution in [-0.4, -0.2) is 54.6 Å². The SMILES string of the molecule is C=C(N)NCCCC(=[NH2+])C(=O)NCC([NH3+])C(=O)N(CCCCCCCCCCCC)CCCCCCCCCCCCCC.[Cl-].[Cl-].[Cl-]. The number of nitrogens with two attached hydrogens (primary N) is 2. The fourth-order valence-electron chi connectivity index (χ4n) is 5.58. The zero-order valence-corrected chi connectivity index (χ0v) is 32.6. The fourth-order valence-corrected chi connectivity index (χ4v) is 5.58. The van der Waals surface area contributed by atoms with Crippen molar-refractivity contribution in [2.24, 2.45) is 5.73 Å². The summed E-state index contributed by atoms with van der Waals surface area (Å²) in [6.07, 6.45) is 29.5. The third-order valence-electron chi connectivity index (χ3n) is 8.50. The molecule has 0 radical (unpaired) electrons. The number of hydrogen-bond acceptors (Lipinski definition) is 4. The summed E-state index contributed by atoms with van der Waals surface area (Å²) < 4.78 is 0. The lowest BCUT2D eigenvalue weighted by Gasteiger charge is -2.24. The minimum Gasteiger partial charge on any atom is -1.00 e. The van der Waals surface area contributed by atoms with Gasteiger partial charge >= 0.3 is 5.91 Å². The van der Waals surface area contributed by atoms with Crippen LogP contribution in [0, 0.1) is 0 Å². The number of carbonyl (C=O) groups excluding carboxylic acids is 2. The van der Waals surface area contributed by atoms with Crippen molar-refractivity contribution in [1.29, 1.82) is 0 Å². The summed E-state index contributed by atoms with van der Waals surface area (Å²) in [5.41, 5.74) is 9.86. The van der Waals surface area contributed by atoms with Crippen LogP contribution in [0.3, 0.4) is 0 Å². The van der Waals surface area contributed by atoms with E-state index in [1.165, 1.54) is 116 Å². The molecule has 0 aliphatic heterocycles. The third kappa shape index (κ3) is 34.4. The van der Waals surface area contributed by atoms with Crippen molar-refractivity contribution in [1.82, 2.24) is 15.5 Å². The summed E-state index contributed by atoms with van der Waals surface area (Å²) in [6.45, 7) is 10.5. The van der Waals surface area contributed by atoms with Gasteiger partial charge in [0.25, 0.3) is 5.91 Å². The summed E-state index contributed by atoms with van der Waals surface area (Å²) >= 11 is 0. The lowest BCUT2D eigenvalue weighted by atomic mass is 10.0. The van der Waals surface area contributed by atoms with E-state index >= 15 is 0 Å². The first kappa shape index (κ1) is 52.6. The molecule has 0 saturated heterocycles. The highest BCUT2D eigenvalue weighted by Crippen LogP contribution is 2.14. The van der Waals surface area contributed by atoms with E-state index in [2.05, 4.69) is 36.8 Å². The van der Waals surface area contributed by atoms with Gasteiger partial charge in [-0.2, -0.15) is 0 Å². The number of quaternary nitrogens is 1. The molecule has 0 aromatic rings. The highest BCUT2D eigenvalue weighted by molar-refractivity contribution is 6.36. The Morgan fingerprint density at radius 3 is 1.38 bits per heavy atom. The molecule has 0 bridgehead atoms. The first-order valence-corrected chi connectivity index (χ1v) is 18.5. The molecule has 0 aliphatic carbocycles. The first-order chi connectivity index (χ1) is 21.3. The number of halogens is 3. The topological polar surface area (TPSA) is 141 Å². The van der Waals surface area contributed by atoms with Gasteiger partial charge in [-0.25, -0.2) is 0 Å². The van der Waals surface area contributed by atoms with Crippen LogP contribution < -0.4 is 64.7 Å². The molecular weight excluding hydrogens is 655 g/mol. The molecule has 0 fully saturated rings. The molecule has 47 heavy (non-hydrogen) atoms. The maximum absolute atomic E-state index is 13.4. The Balaban J connectivity index is -0.00000308. The van der Waals surface area contributed by atoms with Crippen molar-refractivity contribution in [2.75, 3.05) is 26.2 Å². The minimum atomic E-state index is -0.519. The van der Waals surface area contributed by atoms with E-state index in [0.717, 1.165) is 38.8 Å². The average molecular weight is 729 g/mol. The standard InChI is InChI=1S/C36H72N6O2.3ClH/c1-4-6-8-10-12-14-16-17-19-21-23-25-30-42(29-24-22-20-18-15-13-11-9-7-5-2)36(44)34(39)31-41-35(43)33(38)27-26-28-40-32(3)37;;;/h34,38,40H,3-31,37,39H2,1-2H3,(H,41,43);3*1H/p-1. The van der Waals surface area contributed by atoms with Gasteiger partial charge in [0, 0.05) is 26.1 Å². The fraction of sp³-hybridized carbons (Fsp3) is 0.861. The molecule has 0 saturated carbocycles. The number of rotatable bonds is 33. The highest BCUT2D eigenvalue weighted by atomic mass is 35.5. The van der Waals surface area contributed by atoms with Gasteiger partial charge in [0.1, 0.15) is 0 Å². The van der Waals surface area contributed by atoms with E-state index in [0.29, 0.717) is 25.2 Å². The normalized spacial score (nSPS) is 11.0. The zero-order valence-electron chi connectivity index (χ0n) is 30.3. The van der Waals surface area contributed by atoms with E-state index in [1.54, 1.807) is 0 Å². The van der Waals surface area contributed by atoms with Crippen molar-refractivity contribution in [3.05, 3.63) is 12.4 Å². The Morgan fingerprint density at radius 2 is 1.02 bits per heavy atom. The molecule has 0 heterocycles. The van der Waals surface area contributed by atoms with Crippen molar-refractivity contribution in [2.45, 2.75) is 174 Å². The molecule has 8 nitrogen and oxygen atoms in total. The third-order valence-corrected chi connectivity index (χ3v) is 8.50. The van der Waals surface area contributed by atoms with Crippen molar-refractivity contribution < 1.29 is 58.0 Å². The van der Waals surface area contributed by atoms with Gasteiger partial charge in [0.05, 0.1) is 12.4 Å². The minimum absolute atomic E-state index is 0. The molecule has 9 N–H and O–H groups in total. The van der Waals surface area contributed by atoms with Crippen LogP contribution in [0.5, 0.6) is 0 Å². The number of carbonyl (C=O) groups is 2. The second kappa shape index (κ2) is 39.2. The van der Waals surface area contributed by atoms with Crippen LogP contribution in [-0.2, 0) is 9.59 Å². The summed E-state index contributed by atoms with van der Waals surface area (Å²) in [6, 6.07) is -0.519. The van der Waals surface area contributed by atoms with E-state index < -0.39 is 6.04 Å². The van der Waals surface area contributed by atoms with Crippen molar-refractivity contribution >= 4 is 17.5 Å². The second-order valence-corrected chi connectivity index (χ2v) is 12.9. The molecule has 282 valence electrons. The maximum Gasteiger partial charge on any atom is 0.311 e. The lowest BCUT2D eigenvalue weighted by molar-refractivity contribution is -0.403. The molecule has 0 spiro atoms. The van der Waals surface area contributed by atoms with E-state index in [9.17, 15) is 9.59 Å². The van der Waals surface area contributed by atoms with Gasteiger partial charge in [-0.05, 0) is 19.3 Å². The van der Waals surface area contributed by atoms with Crippen LogP contribution in [0.15, 0.2) is 12.4 Å². The maximum atomic E-state index is 13.4. The van der Waals surface area contributed by atoms with Gasteiger partial charge in [-0.1, -0.05) is 149 Å². The first-order valence-electron chi connectivity index (χ1n) is 18.5. The van der Waals surface area contributed by atoms with E-state index in [-0.39, 0.29) is 61.3 Å². The number of amides is 2. The lowest BCUT2D eigenvalue weighted by Crippen LogP contribution is -3.00. The monoisotopic (exact) mass is 727 g/mol. The van der Waals surface area contributed by atoms with Crippen LogP contribution in [0.1, 0.15) is 168 Å². The predicted molar refractivity (Wildman–Crippen MR) is 187 cm³/mol. The van der Waals surface area contributed by atoms with Crippen molar-refractivity contribution in [3.63, 3.8) is 0 Å². The Hall–Kier alpha value is -1.22. The summed E-state index contributed by atoms with van der Waals surface area (Å²) in [4.78, 5) is 27.8. The highest BCUT2D eigenvalue weighted by Gasteiger charge is 2.25. The molecule has 11 heteroatoms. The molecule has 0 rings (SSSR count). The van der Waals surface area contributed by atoms with Crippen molar-refractivity contribution in [3.8, 4) is 0 Å². The van der Waals surface area contributed by atoms with Gasteiger partial charge in [0.15, 0.2) is 6.04 Å². The molecule has 1 unspecified atom stereocenters. The number of hydrogen-bond donors (Lipinski definition) is 5. The summed E-state index contributed by atoms with van der Waals surface area (Å²) in [7, 11) is 0. The average Bonchev–Trinajstić information content (AvgIpc) is 3.01. The van der Waals surface area contributed by atoms with Crippen LogP contribution in [0.25, 0.3) is 0 Å². The number of nitrogens with zero attached hydrogens (tertiary/aromatic N) is 1. The largest absolute Gasteiger partial charge is 1.00 e. The molecular formula is C36H74Cl3N6O2-. The van der Waals surface area contributed by atoms with E-state index in [4.69, 9.17) is 11.1 Å². The van der Waals surface area contributed by atoms with Gasteiger partial charge in [-0.15, -0.1) is 0 Å². The summed E-state index contributed by atoms with van der Waals surface area (Å²) in [5, 5.41) is 11.7. The zero-order chi connectivity index (χ0) is 32.7. The smallest absolute Gasteiger partial charge is 0.311 e. The molecule has 2 amide bonds. The second-order valence-electron chi connectivity index (χ2n) is 12.9. The van der Waals surface area contributed by atoms with Crippen LogP contribution >= 0.6 is 0 Å².